The molecule has 0 saturated carbocycles. The molecule has 0 aliphatic carbocycles. The lowest BCUT2D eigenvalue weighted by molar-refractivity contribution is 0.570. The molecule has 1 aromatic carbocycles. The highest BCUT2D eigenvalue weighted by Gasteiger charge is 2.30. The molecule has 104 valence electrons. The van der Waals surface area contributed by atoms with Crippen molar-refractivity contribution in [2.45, 2.75) is 12.3 Å². The van der Waals surface area contributed by atoms with Gasteiger partial charge in [0.2, 0.25) is 0 Å². The second-order valence-electron chi connectivity index (χ2n) is 4.90. The molecule has 3 rings (SSSR count). The summed E-state index contributed by atoms with van der Waals surface area (Å²) < 4.78 is 26.9. The molecule has 20 heavy (non-hydrogen) atoms. The summed E-state index contributed by atoms with van der Waals surface area (Å²) in [6.07, 6.45) is 1.87. The molecule has 5 heteroatoms. The molecule has 1 atom stereocenters. The second kappa shape index (κ2) is 5.17. The summed E-state index contributed by atoms with van der Waals surface area (Å²) in [4.78, 5) is 5.69. The lowest BCUT2D eigenvalue weighted by Crippen LogP contribution is -2.19. The Hall–Kier alpha value is -2.01. The predicted molar refractivity (Wildman–Crippen MR) is 74.0 cm³/mol. The van der Waals surface area contributed by atoms with E-state index in [1.54, 1.807) is 4.90 Å². The van der Waals surface area contributed by atoms with Crippen LogP contribution in [0.1, 0.15) is 17.9 Å². The van der Waals surface area contributed by atoms with Crippen LogP contribution >= 0.6 is 0 Å². The standard InChI is InChI=1S/C15H15F2N3/c16-11-7-13(17)15(19-8-11)20-9-10(5-6-18)12-3-1-2-4-14(12)20/h1-4,7-8,10H,5-6,9,18H2. The Morgan fingerprint density at radius 1 is 1.30 bits per heavy atom. The zero-order valence-corrected chi connectivity index (χ0v) is 10.9. The Kier molecular flexibility index (Phi) is 3.36. The number of halogens is 2. The number of hydrogen-bond donors (Lipinski definition) is 1. The molecule has 0 saturated heterocycles. The van der Waals surface area contributed by atoms with Crippen LogP contribution in [0, 0.1) is 11.6 Å². The van der Waals surface area contributed by atoms with Gasteiger partial charge in [0, 0.05) is 24.2 Å². The van der Waals surface area contributed by atoms with E-state index in [-0.39, 0.29) is 11.7 Å². The molecule has 0 spiro atoms. The van der Waals surface area contributed by atoms with Crippen molar-refractivity contribution < 1.29 is 8.78 Å². The lowest BCUT2D eigenvalue weighted by Gasteiger charge is -2.19. The number of rotatable bonds is 3. The van der Waals surface area contributed by atoms with E-state index in [0.717, 1.165) is 29.9 Å². The Bertz CT molecular complexity index is 630. The van der Waals surface area contributed by atoms with Crippen LogP contribution in [0.4, 0.5) is 20.3 Å². The first-order chi connectivity index (χ1) is 9.70. The summed E-state index contributed by atoms with van der Waals surface area (Å²) in [7, 11) is 0. The lowest BCUT2D eigenvalue weighted by atomic mass is 9.98. The van der Waals surface area contributed by atoms with Crippen molar-refractivity contribution in [3.05, 3.63) is 53.7 Å². The van der Waals surface area contributed by atoms with Gasteiger partial charge in [-0.3, -0.25) is 0 Å². The van der Waals surface area contributed by atoms with Gasteiger partial charge in [0.15, 0.2) is 11.6 Å². The summed E-state index contributed by atoms with van der Waals surface area (Å²) in [5.74, 6) is -0.897. The van der Waals surface area contributed by atoms with Gasteiger partial charge in [0.1, 0.15) is 5.82 Å². The number of pyridine rings is 1. The average molecular weight is 275 g/mol. The maximum Gasteiger partial charge on any atom is 0.169 e. The highest BCUT2D eigenvalue weighted by atomic mass is 19.1. The third-order valence-corrected chi connectivity index (χ3v) is 3.63. The maximum absolute atomic E-state index is 13.9. The Morgan fingerprint density at radius 3 is 2.85 bits per heavy atom. The van der Waals surface area contributed by atoms with Gasteiger partial charge in [-0.2, -0.15) is 0 Å². The zero-order valence-electron chi connectivity index (χ0n) is 10.9. The number of anilines is 2. The van der Waals surface area contributed by atoms with Crippen LogP contribution in [0.25, 0.3) is 0 Å². The highest BCUT2D eigenvalue weighted by molar-refractivity contribution is 5.69. The van der Waals surface area contributed by atoms with Gasteiger partial charge in [0.05, 0.1) is 6.20 Å². The number of benzene rings is 1. The van der Waals surface area contributed by atoms with Gasteiger partial charge >= 0.3 is 0 Å². The summed E-state index contributed by atoms with van der Waals surface area (Å²) in [6.45, 7) is 1.19. The fourth-order valence-corrected chi connectivity index (χ4v) is 2.75. The first kappa shape index (κ1) is 13.0. The number of hydrogen-bond acceptors (Lipinski definition) is 3. The molecule has 0 radical (unpaired) electrons. The van der Waals surface area contributed by atoms with Crippen molar-refractivity contribution in [2.24, 2.45) is 5.73 Å². The number of para-hydroxylation sites is 1. The Morgan fingerprint density at radius 2 is 2.10 bits per heavy atom. The van der Waals surface area contributed by atoms with E-state index in [2.05, 4.69) is 4.98 Å². The van der Waals surface area contributed by atoms with Crippen molar-refractivity contribution in [1.82, 2.24) is 4.98 Å². The summed E-state index contributed by atoms with van der Waals surface area (Å²) in [5, 5.41) is 0. The molecular formula is C15H15F2N3. The second-order valence-corrected chi connectivity index (χ2v) is 4.90. The quantitative estimate of drug-likeness (QED) is 0.936. The van der Waals surface area contributed by atoms with Crippen LogP contribution in [0.2, 0.25) is 0 Å². The van der Waals surface area contributed by atoms with Gasteiger partial charge in [0.25, 0.3) is 0 Å². The minimum absolute atomic E-state index is 0.165. The van der Waals surface area contributed by atoms with E-state index in [0.29, 0.717) is 13.1 Å². The van der Waals surface area contributed by atoms with Crippen LogP contribution in [-0.4, -0.2) is 18.1 Å². The molecule has 1 unspecified atom stereocenters. The normalized spacial score (nSPS) is 17.4. The molecule has 3 nitrogen and oxygen atoms in total. The molecular weight excluding hydrogens is 260 g/mol. The highest BCUT2D eigenvalue weighted by Crippen LogP contribution is 2.41. The molecule has 1 aliphatic rings. The largest absolute Gasteiger partial charge is 0.330 e. The monoisotopic (exact) mass is 275 g/mol. The minimum Gasteiger partial charge on any atom is -0.330 e. The van der Waals surface area contributed by atoms with Crippen LogP contribution in [0.15, 0.2) is 36.5 Å². The molecule has 0 fully saturated rings. The molecule has 0 amide bonds. The van der Waals surface area contributed by atoms with E-state index in [1.807, 2.05) is 24.3 Å². The van der Waals surface area contributed by atoms with E-state index in [4.69, 9.17) is 5.73 Å². The van der Waals surface area contributed by atoms with E-state index in [9.17, 15) is 8.78 Å². The topological polar surface area (TPSA) is 42.1 Å². The number of aromatic nitrogens is 1. The molecule has 2 N–H and O–H groups in total. The first-order valence-corrected chi connectivity index (χ1v) is 6.58. The minimum atomic E-state index is -0.669. The predicted octanol–water partition coefficient (Wildman–Crippen LogP) is 2.94. The van der Waals surface area contributed by atoms with Crippen LogP contribution < -0.4 is 10.6 Å². The van der Waals surface area contributed by atoms with Crippen molar-refractivity contribution in [1.29, 1.82) is 0 Å². The Balaban J connectivity index is 2.03. The van der Waals surface area contributed by atoms with Crippen LogP contribution in [0.3, 0.4) is 0 Å². The molecule has 2 aromatic rings. The van der Waals surface area contributed by atoms with E-state index >= 15 is 0 Å². The fraction of sp³-hybridized carbons (Fsp3) is 0.267. The first-order valence-electron chi connectivity index (χ1n) is 6.58. The fourth-order valence-electron chi connectivity index (χ4n) is 2.75. The maximum atomic E-state index is 13.9. The Labute approximate surface area is 116 Å². The van der Waals surface area contributed by atoms with E-state index < -0.39 is 11.6 Å². The van der Waals surface area contributed by atoms with E-state index in [1.165, 1.54) is 0 Å². The van der Waals surface area contributed by atoms with Gasteiger partial charge < -0.3 is 10.6 Å². The number of nitrogens with two attached hydrogens (primary N) is 1. The van der Waals surface area contributed by atoms with Crippen molar-refractivity contribution >= 4 is 11.5 Å². The zero-order chi connectivity index (χ0) is 14.1. The van der Waals surface area contributed by atoms with Gasteiger partial charge in [-0.15, -0.1) is 0 Å². The number of nitrogens with zero attached hydrogens (tertiary/aromatic N) is 2. The van der Waals surface area contributed by atoms with Gasteiger partial charge in [-0.05, 0) is 24.6 Å². The van der Waals surface area contributed by atoms with Crippen molar-refractivity contribution in [3.8, 4) is 0 Å². The smallest absolute Gasteiger partial charge is 0.169 e. The number of fused-ring (bicyclic) bond motifs is 1. The summed E-state index contributed by atoms with van der Waals surface area (Å²) in [6, 6.07) is 8.67. The third kappa shape index (κ3) is 2.14. The third-order valence-electron chi connectivity index (χ3n) is 3.63. The summed E-state index contributed by atoms with van der Waals surface area (Å²) >= 11 is 0. The molecule has 1 aliphatic heterocycles. The molecule has 1 aromatic heterocycles. The molecule has 0 bridgehead atoms. The van der Waals surface area contributed by atoms with Gasteiger partial charge in [-0.25, -0.2) is 13.8 Å². The van der Waals surface area contributed by atoms with Crippen molar-refractivity contribution in [2.75, 3.05) is 18.0 Å². The SMILES string of the molecule is NCCC1CN(c2ncc(F)cc2F)c2ccccc21. The average Bonchev–Trinajstić information content (AvgIpc) is 2.79. The molecule has 2 heterocycles. The summed E-state index contributed by atoms with van der Waals surface area (Å²) in [5.41, 5.74) is 7.70. The van der Waals surface area contributed by atoms with Gasteiger partial charge in [-0.1, -0.05) is 18.2 Å². The van der Waals surface area contributed by atoms with Crippen LogP contribution in [0.5, 0.6) is 0 Å². The van der Waals surface area contributed by atoms with Crippen LogP contribution in [-0.2, 0) is 0 Å². The van der Waals surface area contributed by atoms with Crippen molar-refractivity contribution in [3.63, 3.8) is 0 Å².